The first-order valence-electron chi connectivity index (χ1n) is 5.89. The van der Waals surface area contributed by atoms with Gasteiger partial charge >= 0.3 is 0 Å². The molecule has 0 heteroatoms. The predicted octanol–water partition coefficient (Wildman–Crippen LogP) is 3.52. The minimum Gasteiger partial charge on any atom is -0.0845 e. The lowest BCUT2D eigenvalue weighted by Gasteiger charge is -2.37. The quantitative estimate of drug-likeness (QED) is 0.600. The van der Waals surface area contributed by atoms with Crippen LogP contribution in [0.3, 0.4) is 0 Å². The molecule has 0 aromatic heterocycles. The van der Waals surface area contributed by atoms with Crippen LogP contribution in [0.1, 0.15) is 12.0 Å². The second-order valence-electron chi connectivity index (χ2n) is 5.04. The topological polar surface area (TPSA) is 0 Å². The van der Waals surface area contributed by atoms with Crippen LogP contribution in [-0.4, -0.2) is 0 Å². The lowest BCUT2D eigenvalue weighted by atomic mass is 9.67. The Morgan fingerprint density at radius 2 is 1.73 bits per heavy atom. The van der Waals surface area contributed by atoms with Crippen molar-refractivity contribution in [2.75, 3.05) is 0 Å². The summed E-state index contributed by atoms with van der Waals surface area (Å²) in [6.45, 7) is 0. The fourth-order valence-electron chi connectivity index (χ4n) is 3.64. The zero-order valence-electron chi connectivity index (χ0n) is 8.64. The van der Waals surface area contributed by atoms with E-state index in [9.17, 15) is 0 Å². The Labute approximate surface area is 90.3 Å². The van der Waals surface area contributed by atoms with Crippen molar-refractivity contribution in [2.24, 2.45) is 23.7 Å². The first-order chi connectivity index (χ1) is 7.43. The molecule has 4 unspecified atom stereocenters. The van der Waals surface area contributed by atoms with Crippen LogP contribution in [0.5, 0.6) is 0 Å². The van der Waals surface area contributed by atoms with Gasteiger partial charge in [0.15, 0.2) is 0 Å². The highest BCUT2D eigenvalue weighted by Gasteiger charge is 2.50. The second kappa shape index (κ2) is 2.63. The van der Waals surface area contributed by atoms with Gasteiger partial charge in [0.2, 0.25) is 0 Å². The van der Waals surface area contributed by atoms with Crippen molar-refractivity contribution in [3.8, 4) is 0 Å². The number of allylic oxidation sites excluding steroid dienone is 4. The van der Waals surface area contributed by atoms with Crippen LogP contribution in [0.4, 0.5) is 0 Å². The summed E-state index contributed by atoms with van der Waals surface area (Å²) in [5.74, 6) is 3.44. The predicted molar refractivity (Wildman–Crippen MR) is 62.1 cm³/mol. The molecule has 1 aromatic rings. The maximum absolute atomic E-state index is 2.51. The maximum atomic E-state index is 2.51. The minimum absolute atomic E-state index is 0.847. The van der Waals surface area contributed by atoms with Gasteiger partial charge in [0.05, 0.1) is 0 Å². The summed E-state index contributed by atoms with van der Waals surface area (Å²) in [6.07, 6.45) is 8.79. The standard InChI is InChI=1S/C15H14/c1-2-4-10(5-3-1)13-9-14-11-6-7-12(8-11)15(13)14/h1-7,9,11-12,14-15H,8H2. The maximum Gasteiger partial charge on any atom is -0.00271 e. The molecule has 0 radical (unpaired) electrons. The smallest absolute Gasteiger partial charge is 0.00271 e. The zero-order chi connectivity index (χ0) is 9.83. The molecule has 1 fully saturated rings. The van der Waals surface area contributed by atoms with E-state index in [1.54, 1.807) is 5.57 Å². The Morgan fingerprint density at radius 3 is 2.53 bits per heavy atom. The minimum atomic E-state index is 0.847. The SMILES string of the molecule is C1=CC2CC1C1C=C(c3ccccc3)C21. The van der Waals surface area contributed by atoms with E-state index >= 15 is 0 Å². The molecule has 0 nitrogen and oxygen atoms in total. The van der Waals surface area contributed by atoms with E-state index < -0.39 is 0 Å². The van der Waals surface area contributed by atoms with Gasteiger partial charge in [0.25, 0.3) is 0 Å². The van der Waals surface area contributed by atoms with Crippen LogP contribution < -0.4 is 0 Å². The van der Waals surface area contributed by atoms with Crippen molar-refractivity contribution in [2.45, 2.75) is 6.42 Å². The van der Waals surface area contributed by atoms with E-state index in [-0.39, 0.29) is 0 Å². The summed E-state index contributed by atoms with van der Waals surface area (Å²) >= 11 is 0. The van der Waals surface area contributed by atoms with E-state index in [0.717, 1.165) is 23.7 Å². The Hall–Kier alpha value is -1.30. The number of hydrogen-bond acceptors (Lipinski definition) is 0. The highest BCUT2D eigenvalue weighted by molar-refractivity contribution is 5.75. The van der Waals surface area contributed by atoms with Crippen molar-refractivity contribution in [1.29, 1.82) is 0 Å². The Balaban J connectivity index is 1.73. The average molecular weight is 194 g/mol. The molecule has 3 aliphatic rings. The largest absolute Gasteiger partial charge is 0.0845 e. The highest BCUT2D eigenvalue weighted by atomic mass is 14.5. The van der Waals surface area contributed by atoms with Crippen LogP contribution in [0.2, 0.25) is 0 Å². The number of hydrogen-bond donors (Lipinski definition) is 0. The fraction of sp³-hybridized carbons (Fsp3) is 0.333. The molecule has 15 heavy (non-hydrogen) atoms. The van der Waals surface area contributed by atoms with Gasteiger partial charge in [-0.3, -0.25) is 0 Å². The molecule has 4 rings (SSSR count). The molecule has 0 amide bonds. The summed E-state index contributed by atoms with van der Waals surface area (Å²) in [4.78, 5) is 0. The van der Waals surface area contributed by atoms with Crippen molar-refractivity contribution in [1.82, 2.24) is 0 Å². The van der Waals surface area contributed by atoms with Crippen LogP contribution in [0.25, 0.3) is 5.57 Å². The average Bonchev–Trinajstić information content (AvgIpc) is 2.75. The van der Waals surface area contributed by atoms with Crippen molar-refractivity contribution in [3.05, 3.63) is 54.1 Å². The van der Waals surface area contributed by atoms with Crippen molar-refractivity contribution >= 4 is 5.57 Å². The monoisotopic (exact) mass is 194 g/mol. The number of benzene rings is 1. The molecular weight excluding hydrogens is 180 g/mol. The van der Waals surface area contributed by atoms with Gasteiger partial charge in [-0.15, -0.1) is 0 Å². The zero-order valence-corrected chi connectivity index (χ0v) is 8.64. The molecule has 0 spiro atoms. The van der Waals surface area contributed by atoms with E-state index in [1.165, 1.54) is 12.0 Å². The van der Waals surface area contributed by atoms with Crippen LogP contribution in [-0.2, 0) is 0 Å². The molecule has 1 aromatic carbocycles. The summed E-state index contributed by atoms with van der Waals surface area (Å²) in [5, 5.41) is 0. The molecule has 0 N–H and O–H groups in total. The van der Waals surface area contributed by atoms with Crippen LogP contribution >= 0.6 is 0 Å². The molecule has 1 saturated carbocycles. The van der Waals surface area contributed by atoms with Gasteiger partial charge in [-0.1, -0.05) is 48.6 Å². The molecule has 0 heterocycles. The molecule has 4 atom stereocenters. The third-order valence-electron chi connectivity index (χ3n) is 4.36. The van der Waals surface area contributed by atoms with E-state index in [0.29, 0.717) is 0 Å². The lowest BCUT2D eigenvalue weighted by molar-refractivity contribution is 0.420. The van der Waals surface area contributed by atoms with Gasteiger partial charge in [-0.05, 0) is 41.2 Å². The molecule has 2 bridgehead atoms. The number of fused-ring (bicyclic) bond motifs is 5. The lowest BCUT2D eigenvalue weighted by Crippen LogP contribution is -2.27. The van der Waals surface area contributed by atoms with Crippen molar-refractivity contribution in [3.63, 3.8) is 0 Å². The van der Waals surface area contributed by atoms with E-state index in [4.69, 9.17) is 0 Å². The molecule has 0 aliphatic heterocycles. The van der Waals surface area contributed by atoms with E-state index in [2.05, 4.69) is 48.6 Å². The van der Waals surface area contributed by atoms with E-state index in [1.807, 2.05) is 0 Å². The first-order valence-corrected chi connectivity index (χ1v) is 5.89. The molecule has 74 valence electrons. The number of rotatable bonds is 1. The normalized spacial score (nSPS) is 39.9. The summed E-state index contributed by atoms with van der Waals surface area (Å²) in [6, 6.07) is 10.9. The Morgan fingerprint density at radius 1 is 0.933 bits per heavy atom. The van der Waals surface area contributed by atoms with Gasteiger partial charge in [0.1, 0.15) is 0 Å². The summed E-state index contributed by atoms with van der Waals surface area (Å²) in [7, 11) is 0. The van der Waals surface area contributed by atoms with Gasteiger partial charge < -0.3 is 0 Å². The van der Waals surface area contributed by atoms with Gasteiger partial charge in [-0.2, -0.15) is 0 Å². The summed E-state index contributed by atoms with van der Waals surface area (Å²) < 4.78 is 0. The first kappa shape index (κ1) is 7.92. The summed E-state index contributed by atoms with van der Waals surface area (Å²) in [5.41, 5.74) is 3.05. The van der Waals surface area contributed by atoms with Crippen LogP contribution in [0, 0.1) is 23.7 Å². The Bertz CT molecular complexity index is 452. The van der Waals surface area contributed by atoms with Crippen LogP contribution in [0.15, 0.2) is 48.6 Å². The molecular formula is C15H14. The van der Waals surface area contributed by atoms with Gasteiger partial charge in [0, 0.05) is 0 Å². The third kappa shape index (κ3) is 0.923. The second-order valence-corrected chi connectivity index (χ2v) is 5.04. The molecule has 0 saturated heterocycles. The fourth-order valence-corrected chi connectivity index (χ4v) is 3.64. The third-order valence-corrected chi connectivity index (χ3v) is 4.36. The Kier molecular flexibility index (Phi) is 1.39. The van der Waals surface area contributed by atoms with Gasteiger partial charge in [-0.25, -0.2) is 0 Å². The highest BCUT2D eigenvalue weighted by Crippen LogP contribution is 2.59. The molecule has 3 aliphatic carbocycles. The van der Waals surface area contributed by atoms with Crippen molar-refractivity contribution < 1.29 is 0 Å².